The van der Waals surface area contributed by atoms with Crippen LogP contribution in [0, 0.1) is 17.1 Å². The van der Waals surface area contributed by atoms with Crippen molar-refractivity contribution < 1.29 is 19.0 Å². The van der Waals surface area contributed by atoms with E-state index in [4.69, 9.17) is 4.74 Å². The fourth-order valence-electron chi connectivity index (χ4n) is 6.33. The topological polar surface area (TPSA) is 73.6 Å². The van der Waals surface area contributed by atoms with Crippen LogP contribution in [0.25, 0.3) is 11.1 Å². The second-order valence-corrected chi connectivity index (χ2v) is 9.84. The van der Waals surface area contributed by atoms with Crippen LogP contribution in [-0.2, 0) is 10.3 Å². The van der Waals surface area contributed by atoms with Crippen LogP contribution in [0.15, 0.2) is 66.7 Å². The van der Waals surface area contributed by atoms with Crippen molar-refractivity contribution in [1.82, 2.24) is 4.90 Å². The van der Waals surface area contributed by atoms with E-state index in [0.717, 1.165) is 12.8 Å². The number of carbonyl (C=O) groups excluding carboxylic acids is 1. The molecule has 3 aliphatic rings. The summed E-state index contributed by atoms with van der Waals surface area (Å²) in [6.07, 6.45) is 1.89. The molecule has 1 amide bonds. The molecule has 2 fully saturated rings. The molecule has 3 aromatic rings. The van der Waals surface area contributed by atoms with Crippen molar-refractivity contribution in [3.8, 4) is 17.2 Å². The van der Waals surface area contributed by atoms with Crippen LogP contribution in [0.3, 0.4) is 0 Å². The van der Waals surface area contributed by atoms with E-state index in [2.05, 4.69) is 24.3 Å². The molecule has 2 unspecified atom stereocenters. The molecule has 2 bridgehead atoms. The fourth-order valence-corrected chi connectivity index (χ4v) is 6.33. The smallest absolute Gasteiger partial charge is 0.410 e. The molecule has 3 aromatic carbocycles. The van der Waals surface area contributed by atoms with Gasteiger partial charge in [-0.1, -0.05) is 54.6 Å². The van der Waals surface area contributed by atoms with E-state index in [1.807, 2.05) is 30.3 Å². The van der Waals surface area contributed by atoms with E-state index in [9.17, 15) is 19.6 Å². The van der Waals surface area contributed by atoms with Gasteiger partial charge in [0.25, 0.3) is 0 Å². The molecule has 35 heavy (non-hydrogen) atoms. The molecule has 2 heterocycles. The first kappa shape index (κ1) is 21.8. The summed E-state index contributed by atoms with van der Waals surface area (Å²) in [4.78, 5) is 15.0. The van der Waals surface area contributed by atoms with E-state index in [1.54, 1.807) is 11.0 Å². The molecule has 176 valence electrons. The first-order chi connectivity index (χ1) is 17.0. The highest BCUT2D eigenvalue weighted by atomic mass is 19.1. The molecule has 2 saturated heterocycles. The van der Waals surface area contributed by atoms with Crippen LogP contribution in [0.4, 0.5) is 9.18 Å². The first-order valence-electron chi connectivity index (χ1n) is 12.0. The third kappa shape index (κ3) is 3.50. The summed E-state index contributed by atoms with van der Waals surface area (Å²) in [6, 6.07) is 22.2. The molecule has 2 aliphatic heterocycles. The Morgan fingerprint density at radius 2 is 1.63 bits per heavy atom. The van der Waals surface area contributed by atoms with Gasteiger partial charge in [0.1, 0.15) is 18.5 Å². The van der Waals surface area contributed by atoms with Crippen LogP contribution in [0.5, 0.6) is 0 Å². The van der Waals surface area contributed by atoms with Gasteiger partial charge in [0.05, 0.1) is 11.2 Å². The Balaban J connectivity index is 1.19. The predicted molar refractivity (Wildman–Crippen MR) is 128 cm³/mol. The van der Waals surface area contributed by atoms with Gasteiger partial charge in [-0.2, -0.15) is 5.26 Å². The van der Waals surface area contributed by atoms with Gasteiger partial charge in [-0.15, -0.1) is 0 Å². The number of hydrogen-bond donors (Lipinski definition) is 1. The van der Waals surface area contributed by atoms with Crippen molar-refractivity contribution in [1.29, 1.82) is 5.26 Å². The minimum absolute atomic E-state index is 0.00524. The van der Waals surface area contributed by atoms with Crippen molar-refractivity contribution in [2.24, 2.45) is 0 Å². The second kappa shape index (κ2) is 8.21. The fraction of sp³-hybridized carbons (Fsp3) is 0.310. The molecule has 6 heteroatoms. The number of rotatable bonds is 3. The Hall–Kier alpha value is -3.69. The van der Waals surface area contributed by atoms with Gasteiger partial charge in [-0.25, -0.2) is 9.18 Å². The third-order valence-electron chi connectivity index (χ3n) is 7.94. The van der Waals surface area contributed by atoms with Crippen molar-refractivity contribution in [2.75, 3.05) is 6.61 Å². The second-order valence-electron chi connectivity index (χ2n) is 9.84. The molecule has 0 radical (unpaired) electrons. The number of nitrogens with zero attached hydrogens (tertiary/aromatic N) is 2. The number of carbonyl (C=O) groups is 1. The van der Waals surface area contributed by atoms with E-state index in [1.165, 1.54) is 34.4 Å². The Bertz CT molecular complexity index is 1300. The molecular weight excluding hydrogens is 443 g/mol. The number of ether oxygens (including phenoxy) is 1. The van der Waals surface area contributed by atoms with Gasteiger partial charge in [-0.05, 0) is 52.8 Å². The zero-order valence-electron chi connectivity index (χ0n) is 19.2. The Labute approximate surface area is 203 Å². The standard InChI is InChI=1S/C29H25FN2O3/c30-27-12-9-19(13-18(27)16-31)29(34)14-20-10-11-21(15-29)32(20)28(33)35-17-26-24-7-3-1-5-22(24)23-6-2-4-8-25(23)26/h1-9,12-13,20-21,26,34H,10-11,14-15,17H2. The Morgan fingerprint density at radius 3 is 2.23 bits per heavy atom. The third-order valence-corrected chi connectivity index (χ3v) is 7.94. The molecule has 0 aromatic heterocycles. The SMILES string of the molecule is N#Cc1cc(C2(O)CC3CCC(C2)N3C(=O)OCC2c3ccccc3-c3ccccc32)ccc1F. The van der Waals surface area contributed by atoms with Gasteiger partial charge in [0, 0.05) is 30.8 Å². The molecule has 2 atom stereocenters. The van der Waals surface area contributed by atoms with Crippen molar-refractivity contribution in [3.63, 3.8) is 0 Å². The van der Waals surface area contributed by atoms with Gasteiger partial charge in [0.2, 0.25) is 0 Å². The number of amides is 1. The van der Waals surface area contributed by atoms with Crippen molar-refractivity contribution in [3.05, 3.63) is 94.8 Å². The number of benzene rings is 3. The molecule has 1 N–H and O–H groups in total. The monoisotopic (exact) mass is 468 g/mol. The normalized spacial score (nSPS) is 24.5. The van der Waals surface area contributed by atoms with E-state index < -0.39 is 11.4 Å². The van der Waals surface area contributed by atoms with Gasteiger partial charge in [0.15, 0.2) is 0 Å². The average Bonchev–Trinajstić information content (AvgIpc) is 3.35. The number of nitriles is 1. The zero-order chi connectivity index (χ0) is 24.2. The highest BCUT2D eigenvalue weighted by molar-refractivity contribution is 5.79. The minimum atomic E-state index is -1.20. The maximum atomic E-state index is 13.8. The minimum Gasteiger partial charge on any atom is -0.448 e. The van der Waals surface area contributed by atoms with E-state index >= 15 is 0 Å². The number of halogens is 1. The lowest BCUT2D eigenvalue weighted by Gasteiger charge is -2.43. The summed E-state index contributed by atoms with van der Waals surface area (Å²) in [5, 5.41) is 20.6. The lowest BCUT2D eigenvalue weighted by Crippen LogP contribution is -2.52. The largest absolute Gasteiger partial charge is 0.448 e. The molecule has 0 spiro atoms. The van der Waals surface area contributed by atoms with E-state index in [0.29, 0.717) is 18.4 Å². The van der Waals surface area contributed by atoms with Crippen molar-refractivity contribution in [2.45, 2.75) is 49.3 Å². The summed E-state index contributed by atoms with van der Waals surface area (Å²) in [5.41, 5.74) is 3.95. The highest BCUT2D eigenvalue weighted by Crippen LogP contribution is 2.47. The zero-order valence-corrected chi connectivity index (χ0v) is 19.2. The number of hydrogen-bond acceptors (Lipinski definition) is 4. The molecule has 0 saturated carbocycles. The average molecular weight is 469 g/mol. The van der Waals surface area contributed by atoms with Gasteiger partial charge in [-0.3, -0.25) is 0 Å². The maximum absolute atomic E-state index is 13.8. The van der Waals surface area contributed by atoms with Crippen LogP contribution < -0.4 is 0 Å². The van der Waals surface area contributed by atoms with Gasteiger partial charge >= 0.3 is 6.09 Å². The van der Waals surface area contributed by atoms with Crippen molar-refractivity contribution >= 4 is 6.09 Å². The summed E-state index contributed by atoms with van der Waals surface area (Å²) < 4.78 is 19.7. The summed E-state index contributed by atoms with van der Waals surface area (Å²) in [6.45, 7) is 0.260. The number of aliphatic hydroxyl groups is 1. The quantitative estimate of drug-likeness (QED) is 0.554. The first-order valence-corrected chi connectivity index (χ1v) is 12.0. The summed E-state index contributed by atoms with van der Waals surface area (Å²) in [5.74, 6) is -0.603. The Morgan fingerprint density at radius 1 is 1.03 bits per heavy atom. The summed E-state index contributed by atoms with van der Waals surface area (Å²) >= 11 is 0. The van der Waals surface area contributed by atoms with Gasteiger partial charge < -0.3 is 14.7 Å². The number of fused-ring (bicyclic) bond motifs is 5. The molecule has 1 aliphatic carbocycles. The maximum Gasteiger partial charge on any atom is 0.410 e. The van der Waals surface area contributed by atoms with Crippen LogP contribution in [-0.4, -0.2) is 34.8 Å². The number of piperidine rings is 1. The highest BCUT2D eigenvalue weighted by Gasteiger charge is 2.51. The van der Waals surface area contributed by atoms with E-state index in [-0.39, 0.29) is 36.3 Å². The van der Waals surface area contributed by atoms with Crippen LogP contribution in [0.2, 0.25) is 0 Å². The van der Waals surface area contributed by atoms with Crippen LogP contribution >= 0.6 is 0 Å². The predicted octanol–water partition coefficient (Wildman–Crippen LogP) is 5.46. The summed E-state index contributed by atoms with van der Waals surface area (Å²) in [7, 11) is 0. The van der Waals surface area contributed by atoms with Crippen LogP contribution in [0.1, 0.15) is 53.9 Å². The molecule has 5 nitrogen and oxygen atoms in total. The lowest BCUT2D eigenvalue weighted by molar-refractivity contribution is -0.0531. The molecule has 6 rings (SSSR count). The Kier molecular flexibility index (Phi) is 5.12. The lowest BCUT2D eigenvalue weighted by atomic mass is 9.80. The molecular formula is C29H25FN2O3.